The number of pyridine rings is 1. The molecule has 2 N–H and O–H groups in total. The number of hydrogen-bond acceptors (Lipinski definition) is 5. The van der Waals surface area contributed by atoms with Gasteiger partial charge in [0.25, 0.3) is 0 Å². The van der Waals surface area contributed by atoms with Crippen LogP contribution in [-0.4, -0.2) is 36.3 Å². The van der Waals surface area contributed by atoms with Gasteiger partial charge in [0.05, 0.1) is 12.1 Å². The van der Waals surface area contributed by atoms with Crippen LogP contribution < -0.4 is 14.8 Å². The summed E-state index contributed by atoms with van der Waals surface area (Å²) in [5.41, 5.74) is 1.65. The van der Waals surface area contributed by atoms with E-state index in [1.165, 1.54) is 51.4 Å². The third-order valence-corrected chi connectivity index (χ3v) is 6.26. The lowest BCUT2D eigenvalue weighted by atomic mass is 10.0. The van der Waals surface area contributed by atoms with Crippen molar-refractivity contribution >= 4 is 29.2 Å². The molecule has 0 aliphatic carbocycles. The van der Waals surface area contributed by atoms with Crippen molar-refractivity contribution in [2.24, 2.45) is 0 Å². The first kappa shape index (κ1) is 28.2. The van der Waals surface area contributed by atoms with E-state index in [2.05, 4.69) is 17.2 Å². The standard InChI is InChI=1S/C18H29Cl2NO.C8H7NO3/c1-3-4-5-6-7-8-9-10-11-21-14-16-17(20)12-15(19)13-18(16)22-2;10-8(11)6-4-12-7-5(6)2-1-3-9-7/h12-13,21H,3-11,14H2,1-2H3;1-3,6H,4H2,(H,10,11). The van der Waals surface area contributed by atoms with Crippen LogP contribution in [-0.2, 0) is 11.3 Å². The van der Waals surface area contributed by atoms with E-state index in [4.69, 9.17) is 37.8 Å². The maximum Gasteiger partial charge on any atom is 0.314 e. The molecule has 0 saturated heterocycles. The molecule has 3 rings (SSSR count). The van der Waals surface area contributed by atoms with Crippen molar-refractivity contribution in [3.05, 3.63) is 51.6 Å². The molecule has 0 fully saturated rings. The zero-order valence-corrected chi connectivity index (χ0v) is 21.6. The van der Waals surface area contributed by atoms with Crippen molar-refractivity contribution < 1.29 is 19.4 Å². The van der Waals surface area contributed by atoms with Gasteiger partial charge in [0.2, 0.25) is 5.88 Å². The lowest BCUT2D eigenvalue weighted by Crippen LogP contribution is -2.15. The monoisotopic (exact) mass is 510 g/mol. The summed E-state index contributed by atoms with van der Waals surface area (Å²) in [6, 6.07) is 7.01. The molecule has 0 radical (unpaired) electrons. The molecule has 8 heteroatoms. The maximum absolute atomic E-state index is 10.7. The van der Waals surface area contributed by atoms with Gasteiger partial charge in [-0.3, -0.25) is 4.79 Å². The van der Waals surface area contributed by atoms with Crippen LogP contribution in [0.2, 0.25) is 10.0 Å². The summed E-state index contributed by atoms with van der Waals surface area (Å²) in [6.07, 6.45) is 12.3. The molecule has 0 spiro atoms. The molecule has 1 aromatic carbocycles. The van der Waals surface area contributed by atoms with E-state index in [1.807, 2.05) is 0 Å². The van der Waals surface area contributed by atoms with E-state index in [9.17, 15) is 4.79 Å². The van der Waals surface area contributed by atoms with Crippen LogP contribution in [0.5, 0.6) is 11.6 Å². The first-order chi connectivity index (χ1) is 16.5. The van der Waals surface area contributed by atoms with Gasteiger partial charge in [0, 0.05) is 28.9 Å². The topological polar surface area (TPSA) is 80.7 Å². The molecular formula is C26H36Cl2N2O4. The van der Waals surface area contributed by atoms with E-state index in [1.54, 1.807) is 37.6 Å². The molecular weight excluding hydrogens is 475 g/mol. The summed E-state index contributed by atoms with van der Waals surface area (Å²) in [7, 11) is 1.64. The number of hydrogen-bond donors (Lipinski definition) is 2. The highest BCUT2D eigenvalue weighted by atomic mass is 35.5. The number of nitrogens with zero attached hydrogens (tertiary/aromatic N) is 1. The minimum absolute atomic E-state index is 0.196. The lowest BCUT2D eigenvalue weighted by Gasteiger charge is -2.12. The van der Waals surface area contributed by atoms with Crippen LogP contribution in [0.25, 0.3) is 0 Å². The van der Waals surface area contributed by atoms with Crippen molar-refractivity contribution in [1.82, 2.24) is 10.3 Å². The van der Waals surface area contributed by atoms with Crippen molar-refractivity contribution in [1.29, 1.82) is 0 Å². The zero-order valence-electron chi connectivity index (χ0n) is 20.1. The Morgan fingerprint density at radius 3 is 2.56 bits per heavy atom. The Labute approximate surface area is 213 Å². The summed E-state index contributed by atoms with van der Waals surface area (Å²) >= 11 is 12.2. The molecule has 2 heterocycles. The number of unbranched alkanes of at least 4 members (excludes halogenated alkanes) is 7. The second-order valence-corrected chi connectivity index (χ2v) is 9.16. The van der Waals surface area contributed by atoms with Gasteiger partial charge in [-0.2, -0.15) is 0 Å². The number of ether oxygens (including phenoxy) is 2. The van der Waals surface area contributed by atoms with Crippen molar-refractivity contribution in [3.8, 4) is 11.6 Å². The molecule has 1 atom stereocenters. The highest BCUT2D eigenvalue weighted by Crippen LogP contribution is 2.31. The van der Waals surface area contributed by atoms with Crippen LogP contribution >= 0.6 is 23.2 Å². The maximum atomic E-state index is 10.7. The van der Waals surface area contributed by atoms with Gasteiger partial charge in [0.15, 0.2) is 0 Å². The second kappa shape index (κ2) is 15.8. The van der Waals surface area contributed by atoms with Crippen molar-refractivity contribution in [2.45, 2.75) is 70.8 Å². The van der Waals surface area contributed by atoms with E-state index in [0.717, 1.165) is 24.4 Å². The summed E-state index contributed by atoms with van der Waals surface area (Å²) in [4.78, 5) is 14.6. The van der Waals surface area contributed by atoms with E-state index in [0.29, 0.717) is 21.5 Å². The van der Waals surface area contributed by atoms with Gasteiger partial charge in [-0.05, 0) is 31.2 Å². The fraction of sp³-hybridized carbons (Fsp3) is 0.538. The third-order valence-electron chi connectivity index (χ3n) is 5.71. The Hall–Kier alpha value is -2.02. The number of aromatic nitrogens is 1. The van der Waals surface area contributed by atoms with Crippen LogP contribution in [0.3, 0.4) is 0 Å². The highest BCUT2D eigenvalue weighted by molar-refractivity contribution is 6.35. The minimum atomic E-state index is -0.859. The van der Waals surface area contributed by atoms with Crippen LogP contribution in [0, 0.1) is 0 Å². The molecule has 1 aliphatic rings. The van der Waals surface area contributed by atoms with E-state index < -0.39 is 11.9 Å². The fourth-order valence-electron chi connectivity index (χ4n) is 3.78. The van der Waals surface area contributed by atoms with Gasteiger partial charge in [0.1, 0.15) is 18.3 Å². The van der Waals surface area contributed by atoms with Crippen LogP contribution in [0.1, 0.15) is 75.3 Å². The molecule has 1 unspecified atom stereocenters. The molecule has 34 heavy (non-hydrogen) atoms. The lowest BCUT2D eigenvalue weighted by molar-refractivity contribution is -0.138. The number of nitrogens with one attached hydrogen (secondary N) is 1. The Morgan fingerprint density at radius 2 is 1.88 bits per heavy atom. The van der Waals surface area contributed by atoms with Gasteiger partial charge >= 0.3 is 5.97 Å². The quantitative estimate of drug-likeness (QED) is 0.286. The van der Waals surface area contributed by atoms with Gasteiger partial charge in [-0.1, -0.05) is 81.1 Å². The zero-order chi connectivity index (χ0) is 24.8. The van der Waals surface area contributed by atoms with Crippen molar-refractivity contribution in [2.75, 3.05) is 20.3 Å². The third kappa shape index (κ3) is 9.32. The number of carboxylic acid groups (broad SMARTS) is 1. The van der Waals surface area contributed by atoms with Gasteiger partial charge < -0.3 is 19.9 Å². The first-order valence-electron chi connectivity index (χ1n) is 12.0. The molecule has 2 aromatic rings. The first-order valence-corrected chi connectivity index (χ1v) is 12.8. The number of carbonyl (C=O) groups is 1. The Balaban J connectivity index is 0.000000283. The predicted octanol–water partition coefficient (Wildman–Crippen LogP) is 6.87. The van der Waals surface area contributed by atoms with Gasteiger partial charge in [-0.25, -0.2) is 4.98 Å². The highest BCUT2D eigenvalue weighted by Gasteiger charge is 2.30. The number of rotatable bonds is 13. The number of fused-ring (bicyclic) bond motifs is 1. The molecule has 6 nitrogen and oxygen atoms in total. The summed E-state index contributed by atoms with van der Waals surface area (Å²) in [6.45, 7) is 4.18. The van der Waals surface area contributed by atoms with E-state index >= 15 is 0 Å². The molecule has 1 aliphatic heterocycles. The summed E-state index contributed by atoms with van der Waals surface area (Å²) < 4.78 is 10.4. The fourth-order valence-corrected chi connectivity index (χ4v) is 4.32. The molecule has 0 saturated carbocycles. The largest absolute Gasteiger partial charge is 0.496 e. The summed E-state index contributed by atoms with van der Waals surface area (Å²) in [5.74, 6) is -0.207. The Morgan fingerprint density at radius 1 is 1.18 bits per heavy atom. The second-order valence-electron chi connectivity index (χ2n) is 8.32. The van der Waals surface area contributed by atoms with E-state index in [-0.39, 0.29) is 6.61 Å². The molecule has 0 amide bonds. The molecule has 188 valence electrons. The average Bonchev–Trinajstić information content (AvgIpc) is 3.26. The number of benzene rings is 1. The Bertz CT molecular complexity index is 895. The number of carboxylic acids is 1. The SMILES string of the molecule is CCCCCCCCCCNCc1c(Cl)cc(Cl)cc1OC.O=C(O)C1COc2ncccc21. The minimum Gasteiger partial charge on any atom is -0.496 e. The van der Waals surface area contributed by atoms with Crippen LogP contribution in [0.15, 0.2) is 30.5 Å². The smallest absolute Gasteiger partial charge is 0.314 e. The molecule has 1 aromatic heterocycles. The number of methoxy groups -OCH3 is 1. The predicted molar refractivity (Wildman–Crippen MR) is 137 cm³/mol. The average molecular weight is 511 g/mol. The summed E-state index contributed by atoms with van der Waals surface area (Å²) in [5, 5.41) is 13.5. The molecule has 0 bridgehead atoms. The van der Waals surface area contributed by atoms with Crippen molar-refractivity contribution in [3.63, 3.8) is 0 Å². The normalized spacial score (nSPS) is 14.1. The van der Waals surface area contributed by atoms with Crippen LogP contribution in [0.4, 0.5) is 0 Å². The number of aliphatic carboxylic acids is 1. The van der Waals surface area contributed by atoms with Gasteiger partial charge in [-0.15, -0.1) is 0 Å². The Kier molecular flexibility index (Phi) is 13.1. The number of halogens is 2.